The Kier molecular flexibility index (Phi) is 3.38. The van der Waals surface area contributed by atoms with Gasteiger partial charge in [0.25, 0.3) is 17.5 Å². The van der Waals surface area contributed by atoms with Crippen molar-refractivity contribution in [1.82, 2.24) is 10.3 Å². The Morgan fingerprint density at radius 3 is 2.78 bits per heavy atom. The molecular formula is C18H12ClN5O2S. The van der Waals surface area contributed by atoms with Crippen LogP contribution in [0.3, 0.4) is 0 Å². The van der Waals surface area contributed by atoms with Crippen LogP contribution in [0.15, 0.2) is 52.6 Å². The lowest BCUT2D eigenvalue weighted by molar-refractivity contribution is -0.127. The van der Waals surface area contributed by atoms with Gasteiger partial charge in [-0.25, -0.2) is 10.0 Å². The molecular weight excluding hydrogens is 386 g/mol. The number of rotatable bonds is 0. The number of anilines is 1. The summed E-state index contributed by atoms with van der Waals surface area (Å²) >= 11 is 7.49. The van der Waals surface area contributed by atoms with Crippen molar-refractivity contribution in [2.24, 2.45) is 10.1 Å². The molecule has 0 aromatic heterocycles. The van der Waals surface area contributed by atoms with Gasteiger partial charge >= 0.3 is 0 Å². The van der Waals surface area contributed by atoms with Gasteiger partial charge in [-0.05, 0) is 30.5 Å². The quantitative estimate of drug-likeness (QED) is 0.693. The average molecular weight is 398 g/mol. The van der Waals surface area contributed by atoms with Crippen LogP contribution in [0.5, 0.6) is 0 Å². The molecule has 3 aliphatic rings. The van der Waals surface area contributed by atoms with E-state index >= 15 is 0 Å². The number of hydrazone groups is 1. The van der Waals surface area contributed by atoms with Gasteiger partial charge in [0.2, 0.25) is 0 Å². The lowest BCUT2D eigenvalue weighted by atomic mass is 9.97. The highest BCUT2D eigenvalue weighted by Gasteiger charge is 2.56. The standard InChI is InChI=1S/C18H12ClN5O2S/c1-27-17-21-15(25)14-10-4-2-3-5-12(10)22-18(24(14)23-17)11-8-9(19)6-7-13(11)20-16(18)26/h2-8H,1H3,(H,20,26)(H,21,23,25). The van der Waals surface area contributed by atoms with E-state index in [0.717, 1.165) is 0 Å². The molecule has 0 aliphatic carbocycles. The summed E-state index contributed by atoms with van der Waals surface area (Å²) in [5, 5.41) is 13.6. The fraction of sp³-hybridized carbons (Fsp3) is 0.111. The molecule has 7 nitrogen and oxygen atoms in total. The minimum absolute atomic E-state index is 0.279. The van der Waals surface area contributed by atoms with Crippen molar-refractivity contribution in [1.29, 1.82) is 0 Å². The van der Waals surface area contributed by atoms with Crippen molar-refractivity contribution in [2.75, 3.05) is 11.6 Å². The van der Waals surface area contributed by atoms with E-state index < -0.39 is 5.66 Å². The molecule has 134 valence electrons. The van der Waals surface area contributed by atoms with Crippen LogP contribution in [-0.2, 0) is 15.3 Å². The van der Waals surface area contributed by atoms with Gasteiger partial charge in [-0.15, -0.1) is 5.10 Å². The SMILES string of the molecule is CSC1=NN2C(=c3ccccc3=NC23C(=O)Nc2ccc(Cl)cc23)C(=O)N1. The summed E-state index contributed by atoms with van der Waals surface area (Å²) in [7, 11) is 0. The molecule has 0 fully saturated rings. The van der Waals surface area contributed by atoms with Gasteiger partial charge in [0.05, 0.1) is 5.36 Å². The van der Waals surface area contributed by atoms with Gasteiger partial charge in [0, 0.05) is 21.5 Å². The van der Waals surface area contributed by atoms with E-state index in [2.05, 4.69) is 15.7 Å². The third-order valence-corrected chi connectivity index (χ3v) is 5.51. The topological polar surface area (TPSA) is 86.2 Å². The summed E-state index contributed by atoms with van der Waals surface area (Å²) in [6.07, 6.45) is 1.80. The van der Waals surface area contributed by atoms with E-state index in [-0.39, 0.29) is 17.5 Å². The Bertz CT molecular complexity index is 1190. The zero-order chi connectivity index (χ0) is 18.8. The molecule has 2 N–H and O–H groups in total. The van der Waals surface area contributed by atoms with Gasteiger partial charge in [-0.3, -0.25) is 14.9 Å². The average Bonchev–Trinajstić information content (AvgIpc) is 2.93. The zero-order valence-electron chi connectivity index (χ0n) is 14.0. The highest BCUT2D eigenvalue weighted by Crippen LogP contribution is 2.45. The molecule has 3 aliphatic heterocycles. The minimum Gasteiger partial charge on any atom is -0.321 e. The van der Waals surface area contributed by atoms with E-state index in [0.29, 0.717) is 32.0 Å². The number of hydrogen-bond donors (Lipinski definition) is 2. The van der Waals surface area contributed by atoms with Crippen molar-refractivity contribution in [2.45, 2.75) is 5.66 Å². The number of halogens is 1. The number of benzene rings is 2. The maximum Gasteiger partial charge on any atom is 0.279 e. The normalized spacial score (nSPS) is 22.4. The number of hydrogen-bond acceptors (Lipinski definition) is 6. The molecule has 1 unspecified atom stereocenters. The first kappa shape index (κ1) is 16.3. The number of carbonyl (C=O) groups is 2. The first-order valence-electron chi connectivity index (χ1n) is 8.09. The van der Waals surface area contributed by atoms with Crippen LogP contribution >= 0.6 is 23.4 Å². The predicted molar refractivity (Wildman–Crippen MR) is 103 cm³/mol. The zero-order valence-corrected chi connectivity index (χ0v) is 15.6. The molecule has 2 amide bonds. The van der Waals surface area contributed by atoms with Crippen LogP contribution in [0.2, 0.25) is 5.02 Å². The largest absolute Gasteiger partial charge is 0.321 e. The monoisotopic (exact) mass is 397 g/mol. The molecule has 1 spiro atoms. The van der Waals surface area contributed by atoms with Crippen molar-refractivity contribution >= 4 is 51.7 Å². The fourth-order valence-electron chi connectivity index (χ4n) is 3.54. The van der Waals surface area contributed by atoms with Gasteiger partial charge in [-0.1, -0.05) is 41.6 Å². The highest BCUT2D eigenvalue weighted by molar-refractivity contribution is 8.13. The smallest absolute Gasteiger partial charge is 0.279 e. The number of thioether (sulfide) groups is 1. The second-order valence-corrected chi connectivity index (χ2v) is 7.40. The summed E-state index contributed by atoms with van der Waals surface area (Å²) in [6, 6.07) is 12.3. The number of amidine groups is 1. The van der Waals surface area contributed by atoms with Gasteiger partial charge in [0.15, 0.2) is 5.17 Å². The second kappa shape index (κ2) is 5.58. The van der Waals surface area contributed by atoms with E-state index in [9.17, 15) is 9.59 Å². The Morgan fingerprint density at radius 1 is 1.15 bits per heavy atom. The maximum atomic E-state index is 13.2. The predicted octanol–water partition coefficient (Wildman–Crippen LogP) is 0.952. The molecule has 0 radical (unpaired) electrons. The molecule has 27 heavy (non-hydrogen) atoms. The summed E-state index contributed by atoms with van der Waals surface area (Å²) in [5.41, 5.74) is -0.0890. The van der Waals surface area contributed by atoms with Crippen LogP contribution < -0.4 is 21.2 Å². The van der Waals surface area contributed by atoms with Crippen LogP contribution in [0, 0.1) is 0 Å². The molecule has 0 saturated carbocycles. The summed E-state index contributed by atoms with van der Waals surface area (Å²) < 4.78 is 0. The Morgan fingerprint density at radius 2 is 1.96 bits per heavy atom. The first-order chi connectivity index (χ1) is 13.0. The van der Waals surface area contributed by atoms with Crippen LogP contribution in [0.1, 0.15) is 5.56 Å². The summed E-state index contributed by atoms with van der Waals surface area (Å²) in [6.45, 7) is 0. The van der Waals surface area contributed by atoms with Crippen LogP contribution in [0.25, 0.3) is 5.70 Å². The third kappa shape index (κ3) is 2.11. The molecule has 1 atom stereocenters. The van der Waals surface area contributed by atoms with Crippen molar-refractivity contribution < 1.29 is 9.59 Å². The van der Waals surface area contributed by atoms with E-state index in [1.54, 1.807) is 36.6 Å². The number of fused-ring (bicyclic) bond motifs is 5. The van der Waals surface area contributed by atoms with E-state index in [4.69, 9.17) is 16.6 Å². The molecule has 5 rings (SSSR count). The molecule has 9 heteroatoms. The van der Waals surface area contributed by atoms with Crippen molar-refractivity contribution in [3.63, 3.8) is 0 Å². The second-order valence-electron chi connectivity index (χ2n) is 6.17. The number of carbonyl (C=O) groups excluding carboxylic acids is 2. The third-order valence-electron chi connectivity index (χ3n) is 4.70. The number of para-hydroxylation sites is 1. The molecule has 3 heterocycles. The molecule has 2 aromatic rings. The Balaban J connectivity index is 1.93. The van der Waals surface area contributed by atoms with Gasteiger partial charge in [-0.2, -0.15) is 0 Å². The summed E-state index contributed by atoms with van der Waals surface area (Å²) in [4.78, 5) is 30.8. The van der Waals surface area contributed by atoms with Crippen molar-refractivity contribution in [3.8, 4) is 0 Å². The molecule has 0 saturated heterocycles. The van der Waals surface area contributed by atoms with Crippen molar-refractivity contribution in [3.05, 3.63) is 63.6 Å². The van der Waals surface area contributed by atoms with Crippen LogP contribution in [0.4, 0.5) is 5.69 Å². The lowest BCUT2D eigenvalue weighted by Crippen LogP contribution is -2.59. The number of nitrogens with one attached hydrogen (secondary N) is 2. The molecule has 2 aromatic carbocycles. The minimum atomic E-state index is -1.53. The maximum absolute atomic E-state index is 13.2. The Labute approximate surface area is 162 Å². The van der Waals surface area contributed by atoms with Crippen LogP contribution in [-0.4, -0.2) is 28.2 Å². The van der Waals surface area contributed by atoms with Gasteiger partial charge in [0.1, 0.15) is 5.70 Å². The van der Waals surface area contributed by atoms with E-state index in [1.807, 2.05) is 12.1 Å². The molecule has 0 bridgehead atoms. The highest BCUT2D eigenvalue weighted by atomic mass is 35.5. The Hall–Kier alpha value is -2.84. The lowest BCUT2D eigenvalue weighted by Gasteiger charge is -2.39. The number of nitrogens with zero attached hydrogens (tertiary/aromatic N) is 3. The summed E-state index contributed by atoms with van der Waals surface area (Å²) in [5.74, 6) is -0.718. The van der Waals surface area contributed by atoms with Gasteiger partial charge < -0.3 is 5.32 Å². The number of amides is 2. The van der Waals surface area contributed by atoms with E-state index in [1.165, 1.54) is 16.8 Å². The first-order valence-corrected chi connectivity index (χ1v) is 9.70. The fourth-order valence-corrected chi connectivity index (χ4v) is 4.07.